The third-order valence-corrected chi connectivity index (χ3v) is 4.21. The quantitative estimate of drug-likeness (QED) is 0.280. The van der Waals surface area contributed by atoms with Crippen LogP contribution in [0.2, 0.25) is 6.55 Å². The normalized spacial score (nSPS) is 14.0. The van der Waals surface area contributed by atoms with Gasteiger partial charge in [0.25, 0.3) is 0 Å². The zero-order chi connectivity index (χ0) is 17.7. The molecule has 0 bridgehead atoms. The lowest BCUT2D eigenvalue weighted by Crippen LogP contribution is -2.38. The van der Waals surface area contributed by atoms with Crippen molar-refractivity contribution in [3.63, 3.8) is 0 Å². The second-order valence-corrected chi connectivity index (χ2v) is 8.14. The van der Waals surface area contributed by atoms with Gasteiger partial charge in [-0.1, -0.05) is 40.0 Å². The minimum atomic E-state index is -3.09. The predicted octanol–water partition coefficient (Wildman–Crippen LogP) is 5.13. The largest absolute Gasteiger partial charge is 0.759 e. The van der Waals surface area contributed by atoms with E-state index in [2.05, 4.69) is 36.2 Å². The van der Waals surface area contributed by atoms with Crippen LogP contribution in [-0.4, -0.2) is 25.9 Å². The molecule has 0 rings (SSSR count). The van der Waals surface area contributed by atoms with Gasteiger partial charge in [-0.2, -0.15) is 0 Å². The molecule has 0 atom stereocenters. The van der Waals surface area contributed by atoms with Crippen LogP contribution in [-0.2, 0) is 13.6 Å². The van der Waals surface area contributed by atoms with E-state index in [1.54, 1.807) is 6.55 Å². The van der Waals surface area contributed by atoms with Gasteiger partial charge >= 0.3 is 8.80 Å². The Hall–Kier alpha value is -1.37. The lowest BCUT2D eigenvalue weighted by Gasteiger charge is -2.18. The summed E-state index contributed by atoms with van der Waals surface area (Å²) in [4.78, 5) is 0. The molecule has 0 aromatic heterocycles. The molecule has 0 aromatic rings. The third kappa shape index (κ3) is 10.9. The summed E-state index contributed by atoms with van der Waals surface area (Å²) in [6.45, 7) is 13.8. The molecule has 0 N–H and O–H groups in total. The fraction of sp³-hybridized carbons (Fsp3) is 0.812. The van der Waals surface area contributed by atoms with Crippen LogP contribution in [0.5, 0.6) is 0 Å². The maximum absolute atomic E-state index is 5.57. The van der Waals surface area contributed by atoms with E-state index >= 15 is 0 Å². The van der Waals surface area contributed by atoms with Gasteiger partial charge in [-0.05, 0) is 40.0 Å². The minimum absolute atomic E-state index is 0.876. The molecule has 0 radical (unpaired) electrons. The molecule has 0 fully saturated rings. The van der Waals surface area contributed by atoms with E-state index in [9.17, 15) is 0 Å². The Labute approximate surface area is 142 Å². The van der Waals surface area contributed by atoms with Gasteiger partial charge in [-0.3, -0.25) is 0 Å². The van der Waals surface area contributed by atoms with Gasteiger partial charge in [0.05, 0.1) is 17.1 Å². The van der Waals surface area contributed by atoms with Crippen molar-refractivity contribution in [3.8, 4) is 0 Å². The molecular formula is C16H33N3O3Si. The number of hydrogen-bond acceptors (Lipinski definition) is 6. The Morgan fingerprint density at radius 2 is 0.913 bits per heavy atom. The van der Waals surface area contributed by atoms with Crippen LogP contribution in [0.15, 0.2) is 15.5 Å². The van der Waals surface area contributed by atoms with Gasteiger partial charge in [0.1, 0.15) is 0 Å². The third-order valence-electron chi connectivity index (χ3n) is 2.94. The van der Waals surface area contributed by atoms with Crippen molar-refractivity contribution < 1.29 is 13.6 Å². The second-order valence-electron chi connectivity index (χ2n) is 5.87. The van der Waals surface area contributed by atoms with Crippen molar-refractivity contribution >= 4 is 25.9 Å². The number of nitrogens with zero attached hydrogens (tertiary/aromatic N) is 3. The lowest BCUT2D eigenvalue weighted by atomic mass is 10.2. The maximum atomic E-state index is 5.57. The molecule has 0 saturated carbocycles. The van der Waals surface area contributed by atoms with Crippen LogP contribution in [0.25, 0.3) is 0 Å². The van der Waals surface area contributed by atoms with Gasteiger partial charge in [0.15, 0.2) is 0 Å². The highest BCUT2D eigenvalue weighted by molar-refractivity contribution is 6.59. The van der Waals surface area contributed by atoms with Crippen LogP contribution >= 0.6 is 0 Å². The van der Waals surface area contributed by atoms with Crippen molar-refractivity contribution in [3.05, 3.63) is 0 Å². The number of oxime groups is 3. The fourth-order valence-electron chi connectivity index (χ4n) is 1.75. The zero-order valence-electron chi connectivity index (χ0n) is 15.8. The Morgan fingerprint density at radius 3 is 1.13 bits per heavy atom. The van der Waals surface area contributed by atoms with Crippen molar-refractivity contribution in [2.45, 2.75) is 86.6 Å². The van der Waals surface area contributed by atoms with Crippen molar-refractivity contribution in [1.29, 1.82) is 0 Å². The summed E-state index contributed by atoms with van der Waals surface area (Å²) in [7, 11) is -3.09. The maximum Gasteiger partial charge on any atom is 0.759 e. The first kappa shape index (κ1) is 21.6. The molecule has 0 heterocycles. The summed E-state index contributed by atoms with van der Waals surface area (Å²) in [6, 6.07) is 0. The Balaban J connectivity index is 4.98. The molecule has 134 valence electrons. The molecule has 0 saturated heterocycles. The molecule has 0 spiro atoms. The van der Waals surface area contributed by atoms with E-state index in [4.69, 9.17) is 13.6 Å². The molecule has 0 unspecified atom stereocenters. The standard InChI is InChI=1S/C16H33N3O3Si/c1-8-11-14(4)17-20-23(7,21-18-15(5)12-9-2)22-19-16(6)13-10-3/h8-13H2,1-7H3/b17-14-,18-15-,19-16-. The molecule has 7 heteroatoms. The molecule has 6 nitrogen and oxygen atoms in total. The molecule has 0 aliphatic rings. The average molecular weight is 344 g/mol. The van der Waals surface area contributed by atoms with Crippen molar-refractivity contribution in [2.75, 3.05) is 0 Å². The molecule has 23 heavy (non-hydrogen) atoms. The first-order valence-electron chi connectivity index (χ1n) is 8.51. The van der Waals surface area contributed by atoms with Gasteiger partial charge in [0.2, 0.25) is 0 Å². The summed E-state index contributed by atoms with van der Waals surface area (Å²) in [5, 5.41) is 12.4. The van der Waals surface area contributed by atoms with E-state index in [1.165, 1.54) is 0 Å². The van der Waals surface area contributed by atoms with Crippen LogP contribution < -0.4 is 0 Å². The first-order chi connectivity index (χ1) is 10.9. The van der Waals surface area contributed by atoms with Crippen LogP contribution in [0, 0.1) is 0 Å². The smallest absolute Gasteiger partial charge is 0.373 e. The second kappa shape index (κ2) is 12.1. The minimum Gasteiger partial charge on any atom is -0.373 e. The zero-order valence-corrected chi connectivity index (χ0v) is 16.8. The Morgan fingerprint density at radius 1 is 0.652 bits per heavy atom. The fourth-order valence-corrected chi connectivity index (χ4v) is 2.82. The monoisotopic (exact) mass is 343 g/mol. The van der Waals surface area contributed by atoms with E-state index in [-0.39, 0.29) is 0 Å². The van der Waals surface area contributed by atoms with E-state index in [1.807, 2.05) is 20.8 Å². The summed E-state index contributed by atoms with van der Waals surface area (Å²) in [5.41, 5.74) is 2.71. The van der Waals surface area contributed by atoms with Crippen LogP contribution in [0.1, 0.15) is 80.1 Å². The summed E-state index contributed by atoms with van der Waals surface area (Å²) >= 11 is 0. The average Bonchev–Trinajstić information content (AvgIpc) is 2.50. The summed E-state index contributed by atoms with van der Waals surface area (Å²) in [5.74, 6) is 0. The van der Waals surface area contributed by atoms with E-state index in [0.717, 1.165) is 55.7 Å². The Kier molecular flexibility index (Phi) is 11.4. The van der Waals surface area contributed by atoms with Crippen molar-refractivity contribution in [2.24, 2.45) is 15.5 Å². The summed E-state index contributed by atoms with van der Waals surface area (Å²) < 4.78 is 16.7. The first-order valence-corrected chi connectivity index (χ1v) is 10.7. The highest BCUT2D eigenvalue weighted by atomic mass is 28.4. The van der Waals surface area contributed by atoms with Gasteiger partial charge in [-0.15, -0.1) is 15.5 Å². The van der Waals surface area contributed by atoms with Crippen LogP contribution in [0.3, 0.4) is 0 Å². The van der Waals surface area contributed by atoms with Gasteiger partial charge in [-0.25, -0.2) is 0 Å². The van der Waals surface area contributed by atoms with E-state index < -0.39 is 8.80 Å². The lowest BCUT2D eigenvalue weighted by molar-refractivity contribution is 0.0722. The highest BCUT2D eigenvalue weighted by Crippen LogP contribution is 2.13. The number of hydrogen-bond donors (Lipinski definition) is 0. The molecule has 0 aliphatic carbocycles. The topological polar surface area (TPSA) is 64.8 Å². The van der Waals surface area contributed by atoms with Crippen LogP contribution in [0.4, 0.5) is 0 Å². The Bertz CT molecular complexity index is 363. The predicted molar refractivity (Wildman–Crippen MR) is 98.9 cm³/mol. The van der Waals surface area contributed by atoms with Gasteiger partial charge < -0.3 is 13.6 Å². The summed E-state index contributed by atoms with van der Waals surface area (Å²) in [6.07, 6.45) is 5.67. The van der Waals surface area contributed by atoms with Gasteiger partial charge in [0, 0.05) is 6.55 Å². The van der Waals surface area contributed by atoms with Crippen molar-refractivity contribution in [1.82, 2.24) is 0 Å². The highest BCUT2D eigenvalue weighted by Gasteiger charge is 2.45. The van der Waals surface area contributed by atoms with E-state index in [0.29, 0.717) is 0 Å². The molecule has 0 amide bonds. The molecule has 0 aromatic carbocycles. The SMILES string of the molecule is CCC/C(C)=N\O[Si](C)(O/N=C(/C)CCC)O/N=C(/C)CCC. The number of rotatable bonds is 12. The molecule has 0 aliphatic heterocycles. The molecular weight excluding hydrogens is 310 g/mol.